The van der Waals surface area contributed by atoms with Gasteiger partial charge in [0, 0.05) is 32.8 Å². The van der Waals surface area contributed by atoms with Crippen LogP contribution in [0.4, 0.5) is 0 Å². The third-order valence-corrected chi connectivity index (χ3v) is 3.67. The Morgan fingerprint density at radius 1 is 1.50 bits per heavy atom. The molecule has 6 nitrogen and oxygen atoms in total. The number of aliphatic hydroxyl groups is 1. The molecule has 0 saturated carbocycles. The van der Waals surface area contributed by atoms with E-state index in [4.69, 9.17) is 9.84 Å². The summed E-state index contributed by atoms with van der Waals surface area (Å²) in [5, 5.41) is 8.62. The molecule has 0 amide bonds. The van der Waals surface area contributed by atoms with E-state index in [1.54, 1.807) is 6.92 Å². The van der Waals surface area contributed by atoms with Gasteiger partial charge < -0.3 is 9.84 Å². The summed E-state index contributed by atoms with van der Waals surface area (Å²) in [5.41, 5.74) is 0. The molecule has 0 rings (SSSR count). The third kappa shape index (κ3) is 6.39. The molecular weight excluding hydrogens is 232 g/mol. The first-order valence-corrected chi connectivity index (χ1v) is 6.80. The summed E-state index contributed by atoms with van der Waals surface area (Å²) >= 11 is 0. The van der Waals surface area contributed by atoms with Crippen LogP contribution in [-0.2, 0) is 14.9 Å². The van der Waals surface area contributed by atoms with Crippen molar-refractivity contribution in [2.45, 2.75) is 26.3 Å². The standard InChI is InChI=1S/C9H22N2O4S/c1-4-15-8-9(2)10-16(13,14)11(3)6-5-7-12/h9-10,12H,4-8H2,1-3H3. The minimum Gasteiger partial charge on any atom is -0.396 e. The molecule has 0 aliphatic rings. The van der Waals surface area contributed by atoms with Gasteiger partial charge in [-0.1, -0.05) is 0 Å². The average molecular weight is 254 g/mol. The molecule has 0 aromatic heterocycles. The van der Waals surface area contributed by atoms with Crippen LogP contribution in [0, 0.1) is 0 Å². The van der Waals surface area contributed by atoms with Gasteiger partial charge in [-0.15, -0.1) is 0 Å². The summed E-state index contributed by atoms with van der Waals surface area (Å²) in [6.07, 6.45) is 0.428. The molecule has 0 saturated heterocycles. The highest BCUT2D eigenvalue weighted by Gasteiger charge is 2.19. The summed E-state index contributed by atoms with van der Waals surface area (Å²) in [6.45, 7) is 4.79. The average Bonchev–Trinajstić information content (AvgIpc) is 2.22. The highest BCUT2D eigenvalue weighted by molar-refractivity contribution is 7.87. The van der Waals surface area contributed by atoms with E-state index in [0.29, 0.717) is 26.2 Å². The van der Waals surface area contributed by atoms with E-state index in [1.807, 2.05) is 6.92 Å². The molecule has 0 aliphatic heterocycles. The lowest BCUT2D eigenvalue weighted by atomic mass is 10.4. The van der Waals surface area contributed by atoms with E-state index in [0.717, 1.165) is 0 Å². The van der Waals surface area contributed by atoms with Crippen molar-refractivity contribution >= 4 is 10.2 Å². The van der Waals surface area contributed by atoms with E-state index < -0.39 is 10.2 Å². The summed E-state index contributed by atoms with van der Waals surface area (Å²) in [4.78, 5) is 0. The lowest BCUT2D eigenvalue weighted by Crippen LogP contribution is -2.44. The van der Waals surface area contributed by atoms with E-state index in [1.165, 1.54) is 11.4 Å². The molecule has 0 aromatic carbocycles. The van der Waals surface area contributed by atoms with Gasteiger partial charge in [0.05, 0.1) is 6.61 Å². The van der Waals surface area contributed by atoms with Crippen molar-refractivity contribution < 1.29 is 18.3 Å². The predicted molar refractivity (Wildman–Crippen MR) is 62.3 cm³/mol. The molecule has 0 heterocycles. The molecule has 0 radical (unpaired) electrons. The second kappa shape index (κ2) is 7.97. The number of rotatable bonds is 9. The zero-order valence-corrected chi connectivity index (χ0v) is 11.0. The molecule has 0 aromatic rings. The van der Waals surface area contributed by atoms with E-state index in [2.05, 4.69) is 4.72 Å². The van der Waals surface area contributed by atoms with Crippen molar-refractivity contribution in [1.29, 1.82) is 0 Å². The summed E-state index contributed by atoms with van der Waals surface area (Å²) in [7, 11) is -1.99. The maximum Gasteiger partial charge on any atom is 0.279 e. The van der Waals surface area contributed by atoms with Gasteiger partial charge in [0.25, 0.3) is 10.2 Å². The second-order valence-electron chi connectivity index (χ2n) is 3.58. The minimum atomic E-state index is -3.47. The van der Waals surface area contributed by atoms with Gasteiger partial charge in [-0.05, 0) is 20.3 Å². The first-order valence-electron chi connectivity index (χ1n) is 5.36. The Morgan fingerprint density at radius 2 is 2.12 bits per heavy atom. The maximum absolute atomic E-state index is 11.7. The summed E-state index contributed by atoms with van der Waals surface area (Å²) < 4.78 is 32.2. The van der Waals surface area contributed by atoms with Crippen molar-refractivity contribution in [3.63, 3.8) is 0 Å². The quantitative estimate of drug-likeness (QED) is 0.585. The molecule has 0 fully saturated rings. The van der Waals surface area contributed by atoms with Crippen molar-refractivity contribution in [2.75, 3.05) is 33.4 Å². The Morgan fingerprint density at radius 3 is 2.62 bits per heavy atom. The minimum absolute atomic E-state index is 0.0195. The number of hydrogen-bond donors (Lipinski definition) is 2. The van der Waals surface area contributed by atoms with Gasteiger partial charge in [-0.3, -0.25) is 0 Å². The van der Waals surface area contributed by atoms with Gasteiger partial charge in [-0.25, -0.2) is 0 Å². The largest absolute Gasteiger partial charge is 0.396 e. The zero-order valence-electron chi connectivity index (χ0n) is 10.1. The van der Waals surface area contributed by atoms with Crippen LogP contribution in [0.25, 0.3) is 0 Å². The van der Waals surface area contributed by atoms with Gasteiger partial charge in [-0.2, -0.15) is 17.4 Å². The molecule has 1 unspecified atom stereocenters. The number of nitrogens with zero attached hydrogens (tertiary/aromatic N) is 1. The van der Waals surface area contributed by atoms with Crippen LogP contribution in [0.1, 0.15) is 20.3 Å². The number of hydrogen-bond acceptors (Lipinski definition) is 4. The predicted octanol–water partition coefficient (Wildman–Crippen LogP) is -0.440. The summed E-state index contributed by atoms with van der Waals surface area (Å²) in [5.74, 6) is 0. The fourth-order valence-corrected chi connectivity index (χ4v) is 2.21. The van der Waals surface area contributed by atoms with Gasteiger partial charge in [0.15, 0.2) is 0 Å². The molecule has 1 atom stereocenters. The Labute approximate surface area is 97.8 Å². The van der Waals surface area contributed by atoms with Crippen molar-refractivity contribution in [3.8, 4) is 0 Å². The van der Waals surface area contributed by atoms with Crippen LogP contribution in [0.2, 0.25) is 0 Å². The SMILES string of the molecule is CCOCC(C)NS(=O)(=O)N(C)CCCO. The zero-order chi connectivity index (χ0) is 12.6. The van der Waals surface area contributed by atoms with Crippen LogP contribution in [-0.4, -0.2) is 57.3 Å². The fourth-order valence-electron chi connectivity index (χ4n) is 1.09. The third-order valence-electron chi connectivity index (χ3n) is 1.96. The number of nitrogens with one attached hydrogen (secondary N) is 1. The Kier molecular flexibility index (Phi) is 7.86. The van der Waals surface area contributed by atoms with Crippen LogP contribution in [0.3, 0.4) is 0 Å². The molecule has 0 bridgehead atoms. The van der Waals surface area contributed by atoms with Crippen molar-refractivity contribution in [1.82, 2.24) is 9.03 Å². The first-order chi connectivity index (χ1) is 7.44. The summed E-state index contributed by atoms with van der Waals surface area (Å²) in [6, 6.07) is -0.262. The molecule has 98 valence electrons. The molecule has 0 aliphatic carbocycles. The Bertz CT molecular complexity index is 269. The van der Waals surface area contributed by atoms with Crippen molar-refractivity contribution in [2.24, 2.45) is 0 Å². The molecular formula is C9H22N2O4S. The maximum atomic E-state index is 11.7. The van der Waals surface area contributed by atoms with Gasteiger partial charge in [0.2, 0.25) is 0 Å². The first kappa shape index (κ1) is 15.8. The monoisotopic (exact) mass is 254 g/mol. The lowest BCUT2D eigenvalue weighted by Gasteiger charge is -2.20. The number of aliphatic hydroxyl groups excluding tert-OH is 1. The molecule has 7 heteroatoms. The van der Waals surface area contributed by atoms with Crippen LogP contribution < -0.4 is 4.72 Å². The van der Waals surface area contributed by atoms with Crippen LogP contribution in [0.15, 0.2) is 0 Å². The van der Waals surface area contributed by atoms with E-state index in [-0.39, 0.29) is 12.6 Å². The van der Waals surface area contributed by atoms with E-state index in [9.17, 15) is 8.42 Å². The smallest absolute Gasteiger partial charge is 0.279 e. The van der Waals surface area contributed by atoms with Gasteiger partial charge in [0.1, 0.15) is 0 Å². The van der Waals surface area contributed by atoms with Gasteiger partial charge >= 0.3 is 0 Å². The molecule has 0 spiro atoms. The topological polar surface area (TPSA) is 78.9 Å². The lowest BCUT2D eigenvalue weighted by molar-refractivity contribution is 0.133. The normalized spacial score (nSPS) is 14.3. The highest BCUT2D eigenvalue weighted by atomic mass is 32.2. The fraction of sp³-hybridized carbons (Fsp3) is 1.00. The highest BCUT2D eigenvalue weighted by Crippen LogP contribution is 1.98. The van der Waals surface area contributed by atoms with Crippen LogP contribution in [0.5, 0.6) is 0 Å². The van der Waals surface area contributed by atoms with Crippen LogP contribution >= 0.6 is 0 Å². The Balaban J connectivity index is 4.11. The molecule has 16 heavy (non-hydrogen) atoms. The Hall–Kier alpha value is -0.210. The number of ether oxygens (including phenoxy) is 1. The molecule has 2 N–H and O–H groups in total. The van der Waals surface area contributed by atoms with E-state index >= 15 is 0 Å². The van der Waals surface area contributed by atoms with Crippen molar-refractivity contribution in [3.05, 3.63) is 0 Å². The second-order valence-corrected chi connectivity index (χ2v) is 5.39.